The molecule has 1 aliphatic rings. The van der Waals surface area contributed by atoms with Gasteiger partial charge in [0.15, 0.2) is 5.96 Å². The summed E-state index contributed by atoms with van der Waals surface area (Å²) < 4.78 is 0. The van der Waals surface area contributed by atoms with Gasteiger partial charge in [-0.1, -0.05) is 18.2 Å². The van der Waals surface area contributed by atoms with E-state index >= 15 is 0 Å². The SMILES string of the molecule is NC(N)=Nc1nc(-c2cccc(NCc3cc(CN4CCCNCCNCCCNCC4)cc([N+](=O)[O-])c3)c2)cs1. The van der Waals surface area contributed by atoms with Crippen molar-refractivity contribution < 1.29 is 4.92 Å². The molecule has 0 atom stereocenters. The first-order valence-electron chi connectivity index (χ1n) is 14.0. The third-order valence-electron chi connectivity index (χ3n) is 6.64. The van der Waals surface area contributed by atoms with Crippen LogP contribution in [0.4, 0.5) is 16.5 Å². The molecule has 13 heteroatoms. The van der Waals surface area contributed by atoms with Crippen LogP contribution in [0.25, 0.3) is 11.3 Å². The van der Waals surface area contributed by atoms with Gasteiger partial charge in [0.1, 0.15) is 0 Å². The van der Waals surface area contributed by atoms with Gasteiger partial charge in [-0.05, 0) is 62.3 Å². The van der Waals surface area contributed by atoms with Crippen LogP contribution < -0.4 is 32.7 Å². The Kier molecular flexibility index (Phi) is 11.8. The Morgan fingerprint density at radius 2 is 1.76 bits per heavy atom. The summed E-state index contributed by atoms with van der Waals surface area (Å²) in [6.45, 7) is 8.68. The highest BCUT2D eigenvalue weighted by atomic mass is 32.1. The molecule has 4 rings (SSSR count). The van der Waals surface area contributed by atoms with Crippen LogP contribution in [0.3, 0.4) is 0 Å². The number of nitrogens with zero attached hydrogens (tertiary/aromatic N) is 4. The van der Waals surface area contributed by atoms with E-state index in [4.69, 9.17) is 11.5 Å². The molecule has 1 saturated heterocycles. The Labute approximate surface area is 244 Å². The lowest BCUT2D eigenvalue weighted by atomic mass is 10.1. The number of rotatable bonds is 8. The topological polar surface area (TPSA) is 172 Å². The minimum Gasteiger partial charge on any atom is -0.381 e. The highest BCUT2D eigenvalue weighted by Crippen LogP contribution is 2.28. The first-order valence-corrected chi connectivity index (χ1v) is 14.9. The van der Waals surface area contributed by atoms with Crippen LogP contribution in [0.1, 0.15) is 24.0 Å². The number of aromatic nitrogens is 1. The molecule has 1 aliphatic heterocycles. The van der Waals surface area contributed by atoms with E-state index in [-0.39, 0.29) is 16.6 Å². The number of aliphatic imine (C=N–C) groups is 1. The Bertz CT molecular complexity index is 1280. The Morgan fingerprint density at radius 1 is 1.00 bits per heavy atom. The van der Waals surface area contributed by atoms with Crippen molar-refractivity contribution in [3.05, 3.63) is 69.1 Å². The number of nitro benzene ring substituents is 1. The molecule has 12 nitrogen and oxygen atoms in total. The first kappa shape index (κ1) is 30.3. The highest BCUT2D eigenvalue weighted by Gasteiger charge is 2.14. The molecule has 0 aliphatic carbocycles. The van der Waals surface area contributed by atoms with E-state index in [0.29, 0.717) is 18.2 Å². The summed E-state index contributed by atoms with van der Waals surface area (Å²) in [5.41, 5.74) is 15.4. The van der Waals surface area contributed by atoms with E-state index in [9.17, 15) is 10.1 Å². The van der Waals surface area contributed by atoms with Crippen LogP contribution in [0.2, 0.25) is 0 Å². The lowest BCUT2D eigenvalue weighted by Gasteiger charge is -2.23. The number of hydrogen-bond donors (Lipinski definition) is 6. The third-order valence-corrected chi connectivity index (χ3v) is 7.38. The molecule has 0 radical (unpaired) electrons. The minimum absolute atomic E-state index is 0.0296. The summed E-state index contributed by atoms with van der Waals surface area (Å²) >= 11 is 1.36. The van der Waals surface area contributed by atoms with Crippen molar-refractivity contribution in [3.63, 3.8) is 0 Å². The van der Waals surface area contributed by atoms with E-state index < -0.39 is 0 Å². The van der Waals surface area contributed by atoms with Gasteiger partial charge in [0.2, 0.25) is 5.13 Å². The zero-order chi connectivity index (χ0) is 28.9. The van der Waals surface area contributed by atoms with Crippen molar-refractivity contribution in [3.8, 4) is 11.3 Å². The van der Waals surface area contributed by atoms with Crippen molar-refractivity contribution in [1.29, 1.82) is 0 Å². The predicted octanol–water partition coefficient (Wildman–Crippen LogP) is 2.60. The molecule has 1 fully saturated rings. The highest BCUT2D eigenvalue weighted by molar-refractivity contribution is 7.13. The molecule has 0 amide bonds. The van der Waals surface area contributed by atoms with Gasteiger partial charge in [0.25, 0.3) is 5.69 Å². The number of nitro groups is 1. The van der Waals surface area contributed by atoms with Crippen molar-refractivity contribution >= 4 is 33.8 Å². The van der Waals surface area contributed by atoms with Gasteiger partial charge in [-0.15, -0.1) is 11.3 Å². The van der Waals surface area contributed by atoms with E-state index in [2.05, 4.69) is 42.2 Å². The summed E-state index contributed by atoms with van der Waals surface area (Å²) in [5, 5.41) is 28.0. The van der Waals surface area contributed by atoms with Gasteiger partial charge in [0, 0.05) is 68.0 Å². The van der Waals surface area contributed by atoms with E-state index in [1.54, 1.807) is 12.1 Å². The van der Waals surface area contributed by atoms with Crippen LogP contribution in [-0.2, 0) is 13.1 Å². The van der Waals surface area contributed by atoms with Crippen molar-refractivity contribution in [2.45, 2.75) is 25.9 Å². The maximum Gasteiger partial charge on any atom is 0.270 e. The fourth-order valence-corrected chi connectivity index (χ4v) is 5.39. The lowest BCUT2D eigenvalue weighted by molar-refractivity contribution is -0.385. The van der Waals surface area contributed by atoms with E-state index in [1.165, 1.54) is 11.3 Å². The molecule has 220 valence electrons. The zero-order valence-electron chi connectivity index (χ0n) is 23.3. The molecule has 3 aromatic rings. The molecule has 0 saturated carbocycles. The molecular weight excluding hydrogens is 540 g/mol. The van der Waals surface area contributed by atoms with Crippen LogP contribution in [0.15, 0.2) is 52.8 Å². The zero-order valence-corrected chi connectivity index (χ0v) is 24.1. The monoisotopic (exact) mass is 580 g/mol. The lowest BCUT2D eigenvalue weighted by Crippen LogP contribution is -2.36. The first-order chi connectivity index (χ1) is 20.0. The maximum absolute atomic E-state index is 11.8. The molecular formula is C28H40N10O2S. The van der Waals surface area contributed by atoms with Gasteiger partial charge in [-0.2, -0.15) is 4.99 Å². The number of thiazole rings is 1. The fourth-order valence-electron chi connectivity index (χ4n) is 4.68. The summed E-state index contributed by atoms with van der Waals surface area (Å²) in [7, 11) is 0. The summed E-state index contributed by atoms with van der Waals surface area (Å²) in [5.74, 6) is -0.0296. The normalized spacial score (nSPS) is 16.0. The summed E-state index contributed by atoms with van der Waals surface area (Å²) in [6.07, 6.45) is 2.11. The van der Waals surface area contributed by atoms with Crippen molar-refractivity contribution in [1.82, 2.24) is 25.8 Å². The number of non-ortho nitro benzene ring substituents is 1. The smallest absolute Gasteiger partial charge is 0.270 e. The molecule has 8 N–H and O–H groups in total. The number of benzene rings is 2. The van der Waals surface area contributed by atoms with Crippen LogP contribution in [0.5, 0.6) is 0 Å². The standard InChI is InChI=1S/C28H40N10O2S/c29-27(30)36-28-35-26(20-41-28)23-4-1-5-24(17-23)34-18-21-14-22(16-25(15-21)38(39)40)19-37-12-3-8-32-10-9-31-6-2-7-33-11-13-37/h1,4-5,14-17,20,31-34H,2-3,6-13,18-19H2,(H4,29,30,35,36). The number of nitrogens with two attached hydrogens (primary N) is 2. The largest absolute Gasteiger partial charge is 0.381 e. The molecule has 0 unspecified atom stereocenters. The van der Waals surface area contributed by atoms with Gasteiger partial charge in [-0.3, -0.25) is 15.0 Å². The van der Waals surface area contributed by atoms with Crippen molar-refractivity contribution in [2.75, 3.05) is 57.7 Å². The summed E-state index contributed by atoms with van der Waals surface area (Å²) in [4.78, 5) is 22.3. The average molecular weight is 581 g/mol. The second-order valence-electron chi connectivity index (χ2n) is 9.98. The summed E-state index contributed by atoms with van der Waals surface area (Å²) in [6, 6.07) is 13.3. The Balaban J connectivity index is 1.42. The predicted molar refractivity (Wildman–Crippen MR) is 167 cm³/mol. The Morgan fingerprint density at radius 3 is 2.54 bits per heavy atom. The van der Waals surface area contributed by atoms with Gasteiger partial charge < -0.3 is 32.7 Å². The Hall–Kier alpha value is -3.62. The molecule has 2 aromatic carbocycles. The number of guanidine groups is 1. The maximum atomic E-state index is 11.8. The number of nitrogens with one attached hydrogen (secondary N) is 4. The molecule has 2 heterocycles. The third kappa shape index (κ3) is 10.4. The van der Waals surface area contributed by atoms with Crippen LogP contribution in [0, 0.1) is 10.1 Å². The van der Waals surface area contributed by atoms with E-state index in [0.717, 1.165) is 93.3 Å². The van der Waals surface area contributed by atoms with Crippen LogP contribution >= 0.6 is 11.3 Å². The van der Waals surface area contributed by atoms with Gasteiger partial charge in [-0.25, -0.2) is 4.98 Å². The second-order valence-corrected chi connectivity index (χ2v) is 10.8. The minimum atomic E-state index is -0.313. The molecule has 41 heavy (non-hydrogen) atoms. The second kappa shape index (κ2) is 16.0. The van der Waals surface area contributed by atoms with Crippen LogP contribution in [-0.4, -0.2) is 73.1 Å². The number of hydrogen-bond acceptors (Lipinski definition) is 10. The van der Waals surface area contributed by atoms with Gasteiger partial charge >= 0.3 is 0 Å². The van der Waals surface area contributed by atoms with Gasteiger partial charge in [0.05, 0.1) is 10.6 Å². The molecule has 0 bridgehead atoms. The van der Waals surface area contributed by atoms with E-state index in [1.807, 2.05) is 29.6 Å². The average Bonchev–Trinajstić information content (AvgIpc) is 3.42. The molecule has 0 spiro atoms. The molecule has 1 aromatic heterocycles. The fraction of sp³-hybridized carbons (Fsp3) is 0.429. The van der Waals surface area contributed by atoms with Crippen molar-refractivity contribution in [2.24, 2.45) is 16.5 Å². The number of anilines is 1. The quantitative estimate of drug-likeness (QED) is 0.101.